The summed E-state index contributed by atoms with van der Waals surface area (Å²) in [6.45, 7) is 1.62. The molecule has 3 rings (SSSR count). The zero-order valence-electron chi connectivity index (χ0n) is 10.2. The topological polar surface area (TPSA) is 21.3 Å². The van der Waals surface area contributed by atoms with E-state index in [1.165, 1.54) is 11.1 Å². The lowest BCUT2D eigenvalue weighted by Gasteiger charge is -2.10. The molecular weight excluding hydrogens is 373 g/mol. The average Bonchev–Trinajstić information content (AvgIpc) is 2.85. The molecule has 0 aromatic heterocycles. The molecule has 0 saturated carbocycles. The van der Waals surface area contributed by atoms with Crippen LogP contribution in [0.2, 0.25) is 5.02 Å². The lowest BCUT2D eigenvalue weighted by molar-refractivity contribution is 0.357. The molecule has 1 aliphatic heterocycles. The van der Waals surface area contributed by atoms with E-state index in [-0.39, 0.29) is 0 Å². The second-order valence-electron chi connectivity index (χ2n) is 4.52. The first-order chi connectivity index (χ1) is 9.22. The number of halogens is 2. The Morgan fingerprint density at radius 2 is 2.11 bits per heavy atom. The summed E-state index contributed by atoms with van der Waals surface area (Å²) in [7, 11) is 0. The van der Waals surface area contributed by atoms with Gasteiger partial charge in [0.1, 0.15) is 5.75 Å². The number of hydrogen-bond acceptors (Lipinski definition) is 2. The van der Waals surface area contributed by atoms with Crippen LogP contribution >= 0.6 is 34.2 Å². The van der Waals surface area contributed by atoms with Crippen LogP contribution < -0.4 is 10.1 Å². The van der Waals surface area contributed by atoms with Crippen molar-refractivity contribution in [3.8, 4) is 5.75 Å². The Morgan fingerprint density at radius 1 is 1.21 bits per heavy atom. The molecular formula is C15H13ClINO. The molecule has 0 unspecified atom stereocenters. The van der Waals surface area contributed by atoms with Gasteiger partial charge in [-0.05, 0) is 58.0 Å². The molecule has 1 heterocycles. The highest BCUT2D eigenvalue weighted by atomic mass is 127. The quantitative estimate of drug-likeness (QED) is 0.786. The standard InChI is InChI=1S/C15H13ClINO/c16-12-2-3-14(13(17)8-12)18-9-10-1-4-15-11(7-10)5-6-19-15/h1-4,7-8,18H,5-6,9H2. The van der Waals surface area contributed by atoms with Gasteiger partial charge in [-0.15, -0.1) is 0 Å². The summed E-state index contributed by atoms with van der Waals surface area (Å²) in [4.78, 5) is 0. The SMILES string of the molecule is Clc1ccc(NCc2ccc3c(c2)CCO3)c(I)c1. The lowest BCUT2D eigenvalue weighted by Crippen LogP contribution is -2.01. The summed E-state index contributed by atoms with van der Waals surface area (Å²) in [5, 5.41) is 4.21. The lowest BCUT2D eigenvalue weighted by atomic mass is 10.1. The fraction of sp³-hybridized carbons (Fsp3) is 0.200. The van der Waals surface area contributed by atoms with Crippen LogP contribution in [0.1, 0.15) is 11.1 Å². The van der Waals surface area contributed by atoms with Crippen LogP contribution in [0, 0.1) is 3.57 Å². The van der Waals surface area contributed by atoms with Crippen LogP contribution in [0.3, 0.4) is 0 Å². The summed E-state index contributed by atoms with van der Waals surface area (Å²) >= 11 is 8.24. The van der Waals surface area contributed by atoms with Crippen LogP contribution in [0.5, 0.6) is 5.75 Å². The molecule has 0 saturated heterocycles. The molecule has 1 N–H and O–H groups in total. The van der Waals surface area contributed by atoms with Gasteiger partial charge in [0, 0.05) is 27.2 Å². The van der Waals surface area contributed by atoms with Gasteiger partial charge in [-0.3, -0.25) is 0 Å². The van der Waals surface area contributed by atoms with Crippen molar-refractivity contribution in [3.63, 3.8) is 0 Å². The smallest absolute Gasteiger partial charge is 0.122 e. The number of anilines is 1. The predicted molar refractivity (Wildman–Crippen MR) is 87.1 cm³/mol. The van der Waals surface area contributed by atoms with Gasteiger partial charge in [-0.25, -0.2) is 0 Å². The maximum atomic E-state index is 5.95. The second kappa shape index (κ2) is 5.59. The van der Waals surface area contributed by atoms with E-state index in [1.54, 1.807) is 0 Å². The number of benzene rings is 2. The van der Waals surface area contributed by atoms with Gasteiger partial charge >= 0.3 is 0 Å². The first-order valence-electron chi connectivity index (χ1n) is 6.16. The minimum Gasteiger partial charge on any atom is -0.493 e. The van der Waals surface area contributed by atoms with Crippen LogP contribution in [0.15, 0.2) is 36.4 Å². The number of nitrogens with one attached hydrogen (secondary N) is 1. The van der Waals surface area contributed by atoms with Crippen molar-refractivity contribution >= 4 is 39.9 Å². The molecule has 4 heteroatoms. The van der Waals surface area contributed by atoms with E-state index >= 15 is 0 Å². The third-order valence-electron chi connectivity index (χ3n) is 3.17. The summed E-state index contributed by atoms with van der Waals surface area (Å²) in [6.07, 6.45) is 1.02. The molecule has 2 nitrogen and oxygen atoms in total. The van der Waals surface area contributed by atoms with Crippen LogP contribution in [0.25, 0.3) is 0 Å². The van der Waals surface area contributed by atoms with Gasteiger partial charge in [-0.1, -0.05) is 23.7 Å². The van der Waals surface area contributed by atoms with E-state index in [0.717, 1.165) is 39.6 Å². The highest BCUT2D eigenvalue weighted by Gasteiger charge is 2.11. The zero-order valence-corrected chi connectivity index (χ0v) is 13.2. The monoisotopic (exact) mass is 385 g/mol. The summed E-state index contributed by atoms with van der Waals surface area (Å²) in [5.74, 6) is 1.03. The Bertz CT molecular complexity index is 615. The first kappa shape index (κ1) is 13.1. The summed E-state index contributed by atoms with van der Waals surface area (Å²) in [6, 6.07) is 12.3. The highest BCUT2D eigenvalue weighted by Crippen LogP contribution is 2.27. The molecule has 0 spiro atoms. The van der Waals surface area contributed by atoms with Gasteiger partial charge in [-0.2, -0.15) is 0 Å². The van der Waals surface area contributed by atoms with E-state index in [2.05, 4.69) is 46.1 Å². The minimum atomic E-state index is 0.768. The van der Waals surface area contributed by atoms with Crippen molar-refractivity contribution in [3.05, 3.63) is 56.1 Å². The van der Waals surface area contributed by atoms with Gasteiger partial charge < -0.3 is 10.1 Å². The van der Waals surface area contributed by atoms with Crippen LogP contribution in [-0.2, 0) is 13.0 Å². The molecule has 0 radical (unpaired) electrons. The van der Waals surface area contributed by atoms with Gasteiger partial charge in [0.25, 0.3) is 0 Å². The fourth-order valence-corrected chi connectivity index (χ4v) is 3.24. The largest absolute Gasteiger partial charge is 0.493 e. The molecule has 2 aromatic rings. The summed E-state index contributed by atoms with van der Waals surface area (Å²) in [5.41, 5.74) is 3.70. The maximum absolute atomic E-state index is 5.95. The second-order valence-corrected chi connectivity index (χ2v) is 6.12. The Morgan fingerprint density at radius 3 is 2.95 bits per heavy atom. The van der Waals surface area contributed by atoms with Crippen molar-refractivity contribution in [2.24, 2.45) is 0 Å². The molecule has 1 aliphatic rings. The molecule has 98 valence electrons. The van der Waals surface area contributed by atoms with E-state index in [9.17, 15) is 0 Å². The number of fused-ring (bicyclic) bond motifs is 1. The molecule has 0 fully saturated rings. The Labute approximate surface area is 131 Å². The predicted octanol–water partition coefficient (Wildman–Crippen LogP) is 4.49. The van der Waals surface area contributed by atoms with E-state index in [0.29, 0.717) is 0 Å². The highest BCUT2D eigenvalue weighted by molar-refractivity contribution is 14.1. The van der Waals surface area contributed by atoms with Crippen molar-refractivity contribution in [1.82, 2.24) is 0 Å². The number of ether oxygens (including phenoxy) is 1. The Balaban J connectivity index is 1.72. The minimum absolute atomic E-state index is 0.768. The third-order valence-corrected chi connectivity index (χ3v) is 4.30. The molecule has 0 amide bonds. The third kappa shape index (κ3) is 2.98. The van der Waals surface area contributed by atoms with Crippen molar-refractivity contribution in [1.29, 1.82) is 0 Å². The molecule has 19 heavy (non-hydrogen) atoms. The van der Waals surface area contributed by atoms with Gasteiger partial charge in [0.2, 0.25) is 0 Å². The number of rotatable bonds is 3. The molecule has 0 bridgehead atoms. The molecule has 2 aromatic carbocycles. The zero-order chi connectivity index (χ0) is 13.2. The fourth-order valence-electron chi connectivity index (χ4n) is 2.18. The van der Waals surface area contributed by atoms with E-state index < -0.39 is 0 Å². The van der Waals surface area contributed by atoms with Crippen molar-refractivity contribution in [2.45, 2.75) is 13.0 Å². The molecule has 0 aliphatic carbocycles. The van der Waals surface area contributed by atoms with Crippen molar-refractivity contribution < 1.29 is 4.74 Å². The summed E-state index contributed by atoms with van der Waals surface area (Å²) < 4.78 is 6.65. The van der Waals surface area contributed by atoms with Crippen LogP contribution in [-0.4, -0.2) is 6.61 Å². The Hall–Kier alpha value is -0.940. The maximum Gasteiger partial charge on any atom is 0.122 e. The van der Waals surface area contributed by atoms with Crippen LogP contribution in [0.4, 0.5) is 5.69 Å². The first-order valence-corrected chi connectivity index (χ1v) is 7.61. The van der Waals surface area contributed by atoms with Gasteiger partial charge in [0.05, 0.1) is 6.61 Å². The van der Waals surface area contributed by atoms with Crippen molar-refractivity contribution in [2.75, 3.05) is 11.9 Å². The normalized spacial score (nSPS) is 12.9. The van der Waals surface area contributed by atoms with E-state index in [1.807, 2.05) is 18.2 Å². The Kier molecular flexibility index (Phi) is 3.84. The molecule has 0 atom stereocenters. The average molecular weight is 386 g/mol. The number of hydrogen-bond donors (Lipinski definition) is 1. The van der Waals surface area contributed by atoms with Gasteiger partial charge in [0.15, 0.2) is 0 Å². The van der Waals surface area contributed by atoms with E-state index in [4.69, 9.17) is 16.3 Å².